The first-order chi connectivity index (χ1) is 27.3. The van der Waals surface area contributed by atoms with Gasteiger partial charge < -0.3 is 0 Å². The summed E-state index contributed by atoms with van der Waals surface area (Å²) in [7, 11) is 0. The van der Waals surface area contributed by atoms with Gasteiger partial charge in [0.15, 0.2) is 0 Å². The molecule has 0 heterocycles. The second-order valence-corrected chi connectivity index (χ2v) is 32.9. The number of benzene rings is 6. The minimum absolute atomic E-state index is 0. The third-order valence-electron chi connectivity index (χ3n) is 12.9. The molecule has 0 unspecified atom stereocenters. The Balaban J connectivity index is 0.00000302. The number of hydrogen-bond acceptors (Lipinski definition) is 0. The van der Waals surface area contributed by atoms with Crippen LogP contribution in [0.4, 0.5) is 0 Å². The summed E-state index contributed by atoms with van der Waals surface area (Å²) in [6, 6.07) is 37.3. The van der Waals surface area contributed by atoms with E-state index in [1.165, 1.54) is 56.6 Å². The molecule has 7 heteroatoms. The summed E-state index contributed by atoms with van der Waals surface area (Å²) in [6.07, 6.45) is 8.28. The normalized spacial score (nSPS) is 13.7. The Morgan fingerprint density at radius 3 is 1.57 bits per heavy atom. The van der Waals surface area contributed by atoms with Crippen molar-refractivity contribution in [2.24, 2.45) is 0 Å². The molecule has 0 amide bonds. The van der Waals surface area contributed by atoms with Crippen molar-refractivity contribution >= 4 is 85.2 Å². The average Bonchev–Trinajstić information content (AvgIpc) is 3.85. The van der Waals surface area contributed by atoms with E-state index in [-0.39, 0.29) is 35.6 Å². The Labute approximate surface area is 390 Å². The van der Waals surface area contributed by atoms with E-state index in [4.69, 9.17) is 50.6 Å². The summed E-state index contributed by atoms with van der Waals surface area (Å²) in [5, 5.41) is 2.42. The SMILES string of the molecule is Cl.Cl.[CH2]=[Zr]([C]1=CC=CC1)([c]1cc(Cl)cc(Cl)c1C)([c]1cc(Cl)cc(Cl)c1C)[c]1c2c(cc(C(C)(C)C)c1-c1ccccc1)-c1cc(C(C)(C)C)c(-c3ccccc3)cc1C2. The van der Waals surface area contributed by atoms with Crippen molar-refractivity contribution in [2.45, 2.75) is 79.1 Å². The van der Waals surface area contributed by atoms with E-state index in [0.29, 0.717) is 20.1 Å². The van der Waals surface area contributed by atoms with Gasteiger partial charge in [-0.05, 0) is 0 Å². The van der Waals surface area contributed by atoms with Gasteiger partial charge in [0.2, 0.25) is 0 Å². The Kier molecular flexibility index (Phi) is 13.1. The van der Waals surface area contributed by atoms with Gasteiger partial charge in [-0.3, -0.25) is 0 Å². The summed E-state index contributed by atoms with van der Waals surface area (Å²) in [4.78, 5) is 0. The fourth-order valence-electron chi connectivity index (χ4n) is 10.2. The molecule has 0 aromatic heterocycles. The van der Waals surface area contributed by atoms with Gasteiger partial charge in [0, 0.05) is 0 Å². The fourth-order valence-corrected chi connectivity index (χ4v) is 30.4. The van der Waals surface area contributed by atoms with Gasteiger partial charge in [-0.1, -0.05) is 0 Å². The van der Waals surface area contributed by atoms with Gasteiger partial charge in [0.05, 0.1) is 0 Å². The van der Waals surface area contributed by atoms with Crippen molar-refractivity contribution in [3.63, 3.8) is 0 Å². The van der Waals surface area contributed by atoms with E-state index in [1.807, 2.05) is 12.1 Å². The molecule has 0 aliphatic heterocycles. The molecular weight excluding hydrogens is 941 g/mol. The number of rotatable bonds is 6. The van der Waals surface area contributed by atoms with Crippen LogP contribution in [0.2, 0.25) is 20.1 Å². The molecule has 0 saturated carbocycles. The van der Waals surface area contributed by atoms with Crippen LogP contribution in [0.25, 0.3) is 33.4 Å². The van der Waals surface area contributed by atoms with Crippen LogP contribution in [0.5, 0.6) is 0 Å². The zero-order valence-corrected chi connectivity index (χ0v) is 42.6. The molecule has 0 fully saturated rings. The van der Waals surface area contributed by atoms with Crippen LogP contribution in [0.15, 0.2) is 125 Å². The maximum atomic E-state index is 7.29. The molecule has 6 aromatic rings. The summed E-state index contributed by atoms with van der Waals surface area (Å²) in [6.45, 7) is 18.3. The topological polar surface area (TPSA) is 0 Å². The Morgan fingerprint density at radius 2 is 1.08 bits per heavy atom. The number of fused-ring (bicyclic) bond motifs is 3. The third kappa shape index (κ3) is 7.41. The van der Waals surface area contributed by atoms with Crippen molar-refractivity contribution in [1.82, 2.24) is 0 Å². The molecule has 0 bridgehead atoms. The first-order valence-corrected chi connectivity index (χ1v) is 28.3. The summed E-state index contributed by atoms with van der Waals surface area (Å²) in [5.74, 6) is 0. The fraction of sp³-hybridized carbons (Fsp3) is 0.226. The quantitative estimate of drug-likeness (QED) is 0.156. The van der Waals surface area contributed by atoms with Crippen LogP contribution >= 0.6 is 71.2 Å². The van der Waals surface area contributed by atoms with Gasteiger partial charge in [-0.25, -0.2) is 0 Å². The van der Waals surface area contributed by atoms with Crippen molar-refractivity contribution in [2.75, 3.05) is 0 Å². The molecule has 0 N–H and O–H groups in total. The molecule has 0 saturated heterocycles. The van der Waals surface area contributed by atoms with Crippen LogP contribution in [-0.2, 0) is 35.5 Å². The first kappa shape index (κ1) is 46.8. The molecule has 0 radical (unpaired) electrons. The van der Waals surface area contributed by atoms with Crippen LogP contribution in [-0.4, -0.2) is 4.21 Å². The van der Waals surface area contributed by atoms with Gasteiger partial charge in [0.25, 0.3) is 0 Å². The van der Waals surface area contributed by atoms with E-state index in [9.17, 15) is 0 Å². The molecule has 6 aromatic carbocycles. The van der Waals surface area contributed by atoms with Gasteiger partial charge in [-0.2, -0.15) is 0 Å². The monoisotopic (exact) mass is 988 g/mol. The molecule has 310 valence electrons. The summed E-state index contributed by atoms with van der Waals surface area (Å²) < 4.78 is 10.7. The predicted molar refractivity (Wildman–Crippen MR) is 268 cm³/mol. The van der Waals surface area contributed by atoms with Crippen LogP contribution in [0.1, 0.15) is 81.3 Å². The van der Waals surface area contributed by atoms with Crippen LogP contribution < -0.4 is 9.81 Å². The van der Waals surface area contributed by atoms with Crippen molar-refractivity contribution < 1.29 is 18.3 Å². The van der Waals surface area contributed by atoms with Crippen LogP contribution in [0, 0.1) is 13.8 Å². The van der Waals surface area contributed by atoms with E-state index in [2.05, 4.69) is 165 Å². The van der Waals surface area contributed by atoms with Gasteiger partial charge in [0.1, 0.15) is 0 Å². The molecular formula is C53H52Cl6Zr. The van der Waals surface area contributed by atoms with Gasteiger partial charge in [-0.15, -0.1) is 24.8 Å². The maximum absolute atomic E-state index is 7.29. The Morgan fingerprint density at radius 1 is 0.583 bits per heavy atom. The number of halogens is 6. The molecule has 0 spiro atoms. The predicted octanol–water partition coefficient (Wildman–Crippen LogP) is 15.5. The molecule has 0 nitrogen and oxygen atoms in total. The summed E-state index contributed by atoms with van der Waals surface area (Å²) >= 11 is 23.3. The zero-order valence-electron chi connectivity index (χ0n) is 35.5. The minimum atomic E-state index is -5.72. The Hall–Kier alpha value is -2.71. The van der Waals surface area contributed by atoms with Crippen molar-refractivity contribution in [3.8, 4) is 33.4 Å². The number of allylic oxidation sites excluding steroid dienone is 4. The van der Waals surface area contributed by atoms with Gasteiger partial charge >= 0.3 is 369 Å². The number of hydrogen-bond donors (Lipinski definition) is 0. The third-order valence-corrected chi connectivity index (χ3v) is 31.0. The van der Waals surface area contributed by atoms with Crippen molar-refractivity contribution in [3.05, 3.63) is 178 Å². The molecule has 8 rings (SSSR count). The first-order valence-electron chi connectivity index (χ1n) is 20.1. The Bertz CT molecular complexity index is 2740. The second kappa shape index (κ2) is 16.8. The molecule has 0 atom stereocenters. The van der Waals surface area contributed by atoms with Crippen LogP contribution in [0.3, 0.4) is 0 Å². The summed E-state index contributed by atoms with van der Waals surface area (Å²) in [5.41, 5.74) is 14.3. The van der Waals surface area contributed by atoms with E-state index < -0.39 is 18.3 Å². The second-order valence-electron chi connectivity index (χ2n) is 18.6. The average molecular weight is 993 g/mol. The van der Waals surface area contributed by atoms with E-state index in [1.54, 1.807) is 0 Å². The van der Waals surface area contributed by atoms with E-state index in [0.717, 1.165) is 36.1 Å². The van der Waals surface area contributed by atoms with Crippen molar-refractivity contribution in [1.29, 1.82) is 0 Å². The molecule has 2 aliphatic rings. The molecule has 2 aliphatic carbocycles. The standard InChI is InChI=1S/C33H33.2C7H5Cl2.C5H5.CH2.2ClH.Zr/c1-32(2,3)30-20-26-24(18-28(30)22-13-9-7-10-14-22)17-25-19-29(23-15-11-8-12-16-23)31(21-27(25)26)33(4,5)6;2*1-5-2-3-6(8)4-7(5)9;1-2-4-5-3-1;;;;/h7-16,18,20-21H,17H2,1-6H3;2*3-4H,1H3;1-3H,4H2;1H2;2*1H;. The molecule has 60 heavy (non-hydrogen) atoms. The van der Waals surface area contributed by atoms with E-state index >= 15 is 0 Å². The zero-order chi connectivity index (χ0) is 41.6.